The summed E-state index contributed by atoms with van der Waals surface area (Å²) < 4.78 is 2.64. The van der Waals surface area contributed by atoms with Crippen LogP contribution < -0.4 is 5.32 Å². The Morgan fingerprint density at radius 1 is 1.31 bits per heavy atom. The minimum absolute atomic E-state index is 0.0288. The number of pyridine rings is 1. The summed E-state index contributed by atoms with van der Waals surface area (Å²) in [7, 11) is 0. The van der Waals surface area contributed by atoms with Gasteiger partial charge in [0, 0.05) is 40.5 Å². The largest absolute Gasteiger partial charge is 0.385 e. The minimum atomic E-state index is -0.881. The number of halogens is 3. The SMILES string of the molecule is O=C(c1cn2ccnc2c(Cl)c1Cc1ccc(Br)cc1Cl)N1CC(O)(C2CCCCN2)C1. The molecule has 1 unspecified atom stereocenters. The second kappa shape index (κ2) is 8.61. The number of carbonyl (C=O) groups is 1. The Hall–Kier alpha value is -1.64. The lowest BCUT2D eigenvalue weighted by molar-refractivity contribution is -0.108. The first-order valence-electron chi connectivity index (χ1n) is 10.7. The highest BCUT2D eigenvalue weighted by atomic mass is 79.9. The van der Waals surface area contributed by atoms with Gasteiger partial charge in [-0.1, -0.05) is 51.6 Å². The highest BCUT2D eigenvalue weighted by Crippen LogP contribution is 2.34. The van der Waals surface area contributed by atoms with Crippen LogP contribution in [-0.4, -0.2) is 56.6 Å². The number of nitrogens with one attached hydrogen (secondary N) is 1. The molecule has 4 heterocycles. The van der Waals surface area contributed by atoms with Gasteiger partial charge in [-0.25, -0.2) is 4.98 Å². The highest BCUT2D eigenvalue weighted by molar-refractivity contribution is 9.10. The molecule has 3 aromatic rings. The van der Waals surface area contributed by atoms with Gasteiger partial charge in [-0.05, 0) is 42.6 Å². The molecule has 2 aromatic heterocycles. The zero-order valence-electron chi connectivity index (χ0n) is 17.3. The average Bonchev–Trinajstić information content (AvgIpc) is 3.24. The minimum Gasteiger partial charge on any atom is -0.385 e. The average molecular weight is 538 g/mol. The van der Waals surface area contributed by atoms with E-state index in [4.69, 9.17) is 23.2 Å². The third-order valence-corrected chi connectivity index (χ3v) is 7.75. The van der Waals surface area contributed by atoms with Crippen LogP contribution in [0.15, 0.2) is 41.3 Å². The van der Waals surface area contributed by atoms with Crippen LogP contribution in [-0.2, 0) is 6.42 Å². The van der Waals surface area contributed by atoms with Gasteiger partial charge in [0.05, 0.1) is 23.7 Å². The second-order valence-electron chi connectivity index (χ2n) is 8.67. The monoisotopic (exact) mass is 536 g/mol. The van der Waals surface area contributed by atoms with Gasteiger partial charge in [-0.15, -0.1) is 0 Å². The molecule has 1 aromatic carbocycles. The van der Waals surface area contributed by atoms with E-state index in [-0.39, 0.29) is 11.9 Å². The second-order valence-corrected chi connectivity index (χ2v) is 10.4. The number of carbonyl (C=O) groups excluding carboxylic acids is 1. The Labute approximate surface area is 204 Å². The van der Waals surface area contributed by atoms with Gasteiger partial charge in [0.25, 0.3) is 5.91 Å². The van der Waals surface area contributed by atoms with Crippen molar-refractivity contribution in [3.05, 3.63) is 68.0 Å². The third-order valence-electron chi connectivity index (χ3n) is 6.51. The highest BCUT2D eigenvalue weighted by Gasteiger charge is 2.49. The first kappa shape index (κ1) is 22.2. The van der Waals surface area contributed by atoms with Gasteiger partial charge >= 0.3 is 0 Å². The van der Waals surface area contributed by atoms with Crippen LogP contribution in [0.25, 0.3) is 5.65 Å². The quantitative estimate of drug-likeness (QED) is 0.520. The number of nitrogens with zero attached hydrogens (tertiary/aromatic N) is 3. The molecular formula is C23H23BrCl2N4O2. The summed E-state index contributed by atoms with van der Waals surface area (Å²) in [5.41, 5.74) is 1.77. The van der Waals surface area contributed by atoms with Gasteiger partial charge in [0.1, 0.15) is 5.60 Å². The summed E-state index contributed by atoms with van der Waals surface area (Å²) >= 11 is 16.6. The number of piperidine rings is 1. The van der Waals surface area contributed by atoms with Crippen molar-refractivity contribution in [1.29, 1.82) is 0 Å². The lowest BCUT2D eigenvalue weighted by Crippen LogP contribution is -2.72. The molecule has 0 aliphatic carbocycles. The number of hydrogen-bond acceptors (Lipinski definition) is 4. The van der Waals surface area contributed by atoms with Crippen molar-refractivity contribution in [3.8, 4) is 0 Å². The number of imidazole rings is 1. The lowest BCUT2D eigenvalue weighted by atomic mass is 9.81. The molecule has 0 radical (unpaired) electrons. The van der Waals surface area contributed by atoms with E-state index in [2.05, 4.69) is 26.2 Å². The first-order valence-corrected chi connectivity index (χ1v) is 12.2. The van der Waals surface area contributed by atoms with E-state index in [1.807, 2.05) is 18.2 Å². The molecule has 2 saturated heterocycles. The van der Waals surface area contributed by atoms with Crippen LogP contribution in [0, 0.1) is 0 Å². The zero-order chi connectivity index (χ0) is 22.5. The van der Waals surface area contributed by atoms with Crippen LogP contribution >= 0.6 is 39.1 Å². The van der Waals surface area contributed by atoms with E-state index >= 15 is 0 Å². The maximum atomic E-state index is 13.5. The van der Waals surface area contributed by atoms with Gasteiger partial charge in [-0.3, -0.25) is 4.79 Å². The number of β-amino-alcohol motifs (C(OH)–C–C–N with tert-alkyl or cyclic N) is 1. The Morgan fingerprint density at radius 3 is 2.84 bits per heavy atom. The normalized spacial score (nSPS) is 20.4. The number of fused-ring (bicyclic) bond motifs is 1. The summed E-state index contributed by atoms with van der Waals surface area (Å²) in [4.78, 5) is 19.6. The van der Waals surface area contributed by atoms with Crippen LogP contribution in [0.4, 0.5) is 0 Å². The standard InChI is InChI=1S/C23H23BrCl2N4O2/c24-15-5-4-14(18(25)10-15)9-16-17(11-29-8-7-28-21(29)20(16)26)22(31)30-12-23(32,13-30)19-3-1-2-6-27-19/h4-5,7-8,10-11,19,27,32H,1-3,6,9,12-13H2. The fourth-order valence-corrected chi connectivity index (χ4v) is 5.78. The number of hydrogen-bond donors (Lipinski definition) is 2. The predicted octanol–water partition coefficient (Wildman–Crippen LogP) is 4.32. The molecule has 6 nitrogen and oxygen atoms in total. The summed E-state index contributed by atoms with van der Waals surface area (Å²) in [5, 5.41) is 15.5. The van der Waals surface area contributed by atoms with Crippen molar-refractivity contribution < 1.29 is 9.90 Å². The fourth-order valence-electron chi connectivity index (χ4n) is 4.73. The smallest absolute Gasteiger partial charge is 0.255 e. The van der Waals surface area contributed by atoms with Gasteiger partial charge in [-0.2, -0.15) is 0 Å². The molecule has 1 atom stereocenters. The topological polar surface area (TPSA) is 69.9 Å². The van der Waals surface area contributed by atoms with Crippen LogP contribution in [0.3, 0.4) is 0 Å². The van der Waals surface area contributed by atoms with Crippen LogP contribution in [0.1, 0.15) is 40.7 Å². The predicted molar refractivity (Wildman–Crippen MR) is 129 cm³/mol. The van der Waals surface area contributed by atoms with E-state index in [0.717, 1.165) is 35.8 Å². The maximum Gasteiger partial charge on any atom is 0.255 e. The van der Waals surface area contributed by atoms with E-state index in [1.165, 1.54) is 0 Å². The molecule has 0 bridgehead atoms. The molecule has 2 N–H and O–H groups in total. The maximum absolute atomic E-state index is 13.5. The Bertz CT molecular complexity index is 1190. The number of rotatable bonds is 4. The van der Waals surface area contributed by atoms with E-state index in [0.29, 0.717) is 46.3 Å². The number of amides is 1. The molecule has 2 aliphatic rings. The molecule has 32 heavy (non-hydrogen) atoms. The van der Waals surface area contributed by atoms with Gasteiger partial charge in [0.15, 0.2) is 5.65 Å². The number of aromatic nitrogens is 2. The van der Waals surface area contributed by atoms with Crippen molar-refractivity contribution in [2.24, 2.45) is 0 Å². The van der Waals surface area contributed by atoms with Crippen molar-refractivity contribution >= 4 is 50.7 Å². The molecular weight excluding hydrogens is 515 g/mol. The summed E-state index contributed by atoms with van der Waals surface area (Å²) in [6.45, 7) is 1.52. The van der Waals surface area contributed by atoms with Gasteiger partial charge in [0.2, 0.25) is 0 Å². The fraction of sp³-hybridized carbons (Fsp3) is 0.391. The van der Waals surface area contributed by atoms with Crippen molar-refractivity contribution in [2.45, 2.75) is 37.3 Å². The number of benzene rings is 1. The lowest BCUT2D eigenvalue weighted by Gasteiger charge is -2.51. The molecule has 2 aliphatic heterocycles. The Morgan fingerprint density at radius 2 is 2.12 bits per heavy atom. The molecule has 1 amide bonds. The number of likely N-dealkylation sites (tertiary alicyclic amines) is 1. The van der Waals surface area contributed by atoms with Crippen molar-refractivity contribution in [1.82, 2.24) is 19.6 Å². The molecule has 2 fully saturated rings. The van der Waals surface area contributed by atoms with Crippen LogP contribution in [0.5, 0.6) is 0 Å². The molecule has 9 heteroatoms. The van der Waals surface area contributed by atoms with Crippen LogP contribution in [0.2, 0.25) is 10.0 Å². The number of aliphatic hydroxyl groups is 1. The van der Waals surface area contributed by atoms with Crippen molar-refractivity contribution in [3.63, 3.8) is 0 Å². The first-order chi connectivity index (χ1) is 15.4. The molecule has 5 rings (SSSR count). The molecule has 0 spiro atoms. The summed E-state index contributed by atoms with van der Waals surface area (Å²) in [6, 6.07) is 5.69. The summed E-state index contributed by atoms with van der Waals surface area (Å²) in [5.74, 6) is -0.147. The molecule has 168 valence electrons. The summed E-state index contributed by atoms with van der Waals surface area (Å²) in [6.07, 6.45) is 8.75. The zero-order valence-corrected chi connectivity index (χ0v) is 20.4. The Kier molecular flexibility index (Phi) is 5.97. The van der Waals surface area contributed by atoms with E-state index in [9.17, 15) is 9.90 Å². The Balaban J connectivity index is 1.46. The van der Waals surface area contributed by atoms with E-state index in [1.54, 1.807) is 27.9 Å². The third kappa shape index (κ3) is 3.94. The van der Waals surface area contributed by atoms with E-state index < -0.39 is 5.60 Å². The van der Waals surface area contributed by atoms with Crippen molar-refractivity contribution in [2.75, 3.05) is 19.6 Å². The molecule has 0 saturated carbocycles. The van der Waals surface area contributed by atoms with Gasteiger partial charge < -0.3 is 19.7 Å².